The van der Waals surface area contributed by atoms with Crippen LogP contribution in [0.25, 0.3) is 10.9 Å². The molecule has 1 heterocycles. The van der Waals surface area contributed by atoms with Gasteiger partial charge >= 0.3 is 5.97 Å². The molecule has 0 aliphatic heterocycles. The summed E-state index contributed by atoms with van der Waals surface area (Å²) >= 11 is 6.25. The van der Waals surface area contributed by atoms with Gasteiger partial charge in [0.15, 0.2) is 6.10 Å². The first-order valence-electron chi connectivity index (χ1n) is 10.0. The van der Waals surface area contributed by atoms with Crippen molar-refractivity contribution in [2.24, 2.45) is 0 Å². The van der Waals surface area contributed by atoms with Gasteiger partial charge in [0.2, 0.25) is 0 Å². The summed E-state index contributed by atoms with van der Waals surface area (Å²) in [5.74, 6) is -0.773. The number of pyridine rings is 1. The molecular formula is C25H21ClN2O4. The highest BCUT2D eigenvalue weighted by Crippen LogP contribution is 2.30. The van der Waals surface area contributed by atoms with Crippen LogP contribution in [0.5, 0.6) is 5.75 Å². The van der Waals surface area contributed by atoms with E-state index in [0.717, 1.165) is 16.6 Å². The molecule has 0 saturated heterocycles. The minimum atomic E-state index is -1.69. The topological polar surface area (TPSA) is 91.7 Å². The van der Waals surface area contributed by atoms with Crippen LogP contribution in [-0.4, -0.2) is 27.3 Å². The van der Waals surface area contributed by atoms with Crippen molar-refractivity contribution in [2.45, 2.75) is 18.8 Å². The normalized spacial score (nSPS) is 12.8. The molecule has 0 saturated carbocycles. The lowest BCUT2D eigenvalue weighted by atomic mass is 10.0. The lowest BCUT2D eigenvalue weighted by molar-refractivity contribution is -0.147. The summed E-state index contributed by atoms with van der Waals surface area (Å²) in [7, 11) is 0. The molecule has 0 amide bonds. The number of rotatable bonds is 8. The van der Waals surface area contributed by atoms with Crippen molar-refractivity contribution in [3.05, 3.63) is 101 Å². The van der Waals surface area contributed by atoms with Gasteiger partial charge in [-0.15, -0.1) is 0 Å². The van der Waals surface area contributed by atoms with Crippen LogP contribution in [-0.2, 0) is 11.4 Å². The van der Waals surface area contributed by atoms with Crippen molar-refractivity contribution in [2.75, 3.05) is 5.32 Å². The van der Waals surface area contributed by atoms with Crippen molar-refractivity contribution < 1.29 is 19.7 Å². The number of nitrogens with one attached hydrogen (secondary N) is 1. The van der Waals surface area contributed by atoms with Crippen LogP contribution in [0.2, 0.25) is 5.02 Å². The van der Waals surface area contributed by atoms with Gasteiger partial charge in [0, 0.05) is 22.2 Å². The van der Waals surface area contributed by atoms with Crippen molar-refractivity contribution in [1.82, 2.24) is 4.98 Å². The van der Waals surface area contributed by atoms with Crippen molar-refractivity contribution in [3.8, 4) is 5.75 Å². The lowest BCUT2D eigenvalue weighted by Gasteiger charge is -2.24. The average molecular weight is 449 g/mol. The molecule has 0 aliphatic rings. The van der Waals surface area contributed by atoms with Crippen molar-refractivity contribution >= 4 is 34.2 Å². The largest absolute Gasteiger partial charge is 0.487 e. The Balaban J connectivity index is 1.51. The molecule has 2 atom stereocenters. The molecule has 0 spiro atoms. The Bertz CT molecular complexity index is 1250. The van der Waals surface area contributed by atoms with Gasteiger partial charge in [0.1, 0.15) is 12.4 Å². The number of hydrogen-bond donors (Lipinski definition) is 3. The summed E-state index contributed by atoms with van der Waals surface area (Å²) in [4.78, 5) is 16.1. The van der Waals surface area contributed by atoms with Crippen LogP contribution in [0.15, 0.2) is 84.9 Å². The number of aliphatic carboxylic acids is 1. The van der Waals surface area contributed by atoms with E-state index < -0.39 is 18.1 Å². The number of ether oxygens (including phenoxy) is 1. The SMILES string of the molecule is O=C(O)[C@H](O)C(Nc1cccc(OCc2ccc3ccccc3n2)c1)c1ccccc1Cl. The van der Waals surface area contributed by atoms with Gasteiger partial charge in [-0.2, -0.15) is 0 Å². The molecule has 3 aromatic carbocycles. The second-order valence-corrected chi connectivity index (χ2v) is 7.65. The molecule has 3 N–H and O–H groups in total. The fourth-order valence-electron chi connectivity index (χ4n) is 3.40. The summed E-state index contributed by atoms with van der Waals surface area (Å²) in [6.07, 6.45) is -1.69. The molecule has 32 heavy (non-hydrogen) atoms. The molecule has 4 aromatic rings. The summed E-state index contributed by atoms with van der Waals surface area (Å²) in [5, 5.41) is 24.1. The third-order valence-electron chi connectivity index (χ3n) is 5.01. The van der Waals surface area contributed by atoms with Gasteiger partial charge in [0.05, 0.1) is 17.3 Å². The first-order valence-corrected chi connectivity index (χ1v) is 10.4. The molecule has 6 nitrogen and oxygen atoms in total. The molecule has 0 fully saturated rings. The maximum atomic E-state index is 11.5. The highest BCUT2D eigenvalue weighted by molar-refractivity contribution is 6.31. The van der Waals surface area contributed by atoms with Crippen LogP contribution < -0.4 is 10.1 Å². The zero-order chi connectivity index (χ0) is 22.5. The Morgan fingerprint density at radius 1 is 1.00 bits per heavy atom. The number of aromatic nitrogens is 1. The summed E-state index contributed by atoms with van der Waals surface area (Å²) in [5.41, 5.74) is 2.75. The number of aliphatic hydroxyl groups excluding tert-OH is 1. The van der Waals surface area contributed by atoms with Crippen LogP contribution in [0, 0.1) is 0 Å². The molecule has 0 aliphatic carbocycles. The third kappa shape index (κ3) is 4.99. The number of nitrogens with zero attached hydrogens (tertiary/aromatic N) is 1. The molecule has 7 heteroatoms. The summed E-state index contributed by atoms with van der Waals surface area (Å²) in [6, 6.07) is 24.7. The number of benzene rings is 3. The van der Waals surface area contributed by atoms with E-state index in [2.05, 4.69) is 10.3 Å². The second kappa shape index (κ2) is 9.68. The van der Waals surface area contributed by atoms with Gasteiger partial charge in [0.25, 0.3) is 0 Å². The highest BCUT2D eigenvalue weighted by Gasteiger charge is 2.29. The Morgan fingerprint density at radius 3 is 2.59 bits per heavy atom. The standard InChI is InChI=1S/C25H21ClN2O4/c26-21-10-3-2-9-20(21)23(24(29)25(30)31)28-17-7-5-8-19(14-17)32-15-18-13-12-16-6-1-4-11-22(16)27-18/h1-14,23-24,28-29H,15H2,(H,30,31)/t23?,24-/m1/s1. The highest BCUT2D eigenvalue weighted by atomic mass is 35.5. The quantitative estimate of drug-likeness (QED) is 0.348. The number of carboxylic acids is 1. The maximum absolute atomic E-state index is 11.5. The van der Waals surface area contributed by atoms with Crippen LogP contribution in [0.3, 0.4) is 0 Å². The van der Waals surface area contributed by atoms with Crippen molar-refractivity contribution in [1.29, 1.82) is 0 Å². The molecule has 1 unspecified atom stereocenters. The van der Waals surface area contributed by atoms with Crippen LogP contribution in [0.1, 0.15) is 17.3 Å². The molecule has 4 rings (SSSR count). The predicted molar refractivity (Wildman–Crippen MR) is 124 cm³/mol. The third-order valence-corrected chi connectivity index (χ3v) is 5.35. The molecular weight excluding hydrogens is 428 g/mol. The number of fused-ring (bicyclic) bond motifs is 1. The van der Waals surface area contributed by atoms with E-state index in [1.54, 1.807) is 48.5 Å². The number of carboxylic acid groups (broad SMARTS) is 1. The molecule has 0 radical (unpaired) electrons. The van der Waals surface area contributed by atoms with E-state index in [-0.39, 0.29) is 6.61 Å². The van der Waals surface area contributed by atoms with Gasteiger partial charge in [-0.05, 0) is 35.9 Å². The Hall–Kier alpha value is -3.61. The molecule has 0 bridgehead atoms. The van der Waals surface area contributed by atoms with Crippen LogP contribution >= 0.6 is 11.6 Å². The minimum absolute atomic E-state index is 0.278. The maximum Gasteiger partial charge on any atom is 0.335 e. The first kappa shape index (κ1) is 21.6. The number of hydrogen-bond acceptors (Lipinski definition) is 5. The number of carbonyl (C=O) groups is 1. The van der Waals surface area contributed by atoms with E-state index in [9.17, 15) is 15.0 Å². The summed E-state index contributed by atoms with van der Waals surface area (Å²) in [6.45, 7) is 0.278. The monoisotopic (exact) mass is 448 g/mol. The number of anilines is 1. The smallest absolute Gasteiger partial charge is 0.335 e. The van der Waals surface area contributed by atoms with E-state index >= 15 is 0 Å². The molecule has 1 aromatic heterocycles. The van der Waals surface area contributed by atoms with E-state index in [1.165, 1.54) is 0 Å². The second-order valence-electron chi connectivity index (χ2n) is 7.24. The lowest BCUT2D eigenvalue weighted by Crippen LogP contribution is -2.32. The fourth-order valence-corrected chi connectivity index (χ4v) is 3.65. The van der Waals surface area contributed by atoms with Crippen molar-refractivity contribution in [3.63, 3.8) is 0 Å². The van der Waals surface area contributed by atoms with Gasteiger partial charge in [-0.1, -0.05) is 60.1 Å². The molecule has 162 valence electrons. The Kier molecular flexibility index (Phi) is 6.54. The minimum Gasteiger partial charge on any atom is -0.487 e. The number of para-hydroxylation sites is 1. The van der Waals surface area contributed by atoms with E-state index in [4.69, 9.17) is 16.3 Å². The zero-order valence-electron chi connectivity index (χ0n) is 17.0. The predicted octanol–water partition coefficient (Wildman–Crippen LogP) is 5.07. The zero-order valence-corrected chi connectivity index (χ0v) is 17.7. The van der Waals surface area contributed by atoms with Gasteiger partial charge < -0.3 is 20.3 Å². The van der Waals surface area contributed by atoms with E-state index in [1.807, 2.05) is 36.4 Å². The Morgan fingerprint density at radius 2 is 1.78 bits per heavy atom. The van der Waals surface area contributed by atoms with Gasteiger partial charge in [-0.3, -0.25) is 0 Å². The average Bonchev–Trinajstić information content (AvgIpc) is 2.81. The Labute approximate surface area is 190 Å². The van der Waals surface area contributed by atoms with E-state index in [0.29, 0.717) is 22.0 Å². The first-order chi connectivity index (χ1) is 15.5. The number of aliphatic hydroxyl groups is 1. The number of halogens is 1. The van der Waals surface area contributed by atoms with Gasteiger partial charge in [-0.25, -0.2) is 9.78 Å². The van der Waals surface area contributed by atoms with Crippen LogP contribution in [0.4, 0.5) is 5.69 Å². The summed E-state index contributed by atoms with van der Waals surface area (Å²) < 4.78 is 5.89. The fraction of sp³-hybridized carbons (Fsp3) is 0.120.